The Hall–Kier alpha value is 0.310. The zero-order valence-corrected chi connectivity index (χ0v) is 7.92. The van der Waals surface area contributed by atoms with Gasteiger partial charge in [-0.25, -0.2) is 0 Å². The minimum absolute atomic E-state index is 0.422. The summed E-state index contributed by atoms with van der Waals surface area (Å²) in [5.74, 6) is 1.33. The third kappa shape index (κ3) is 2.17. The van der Waals surface area contributed by atoms with Crippen molar-refractivity contribution < 1.29 is 0 Å². The zero-order valence-electron chi connectivity index (χ0n) is 7.11. The molecule has 60 valence electrons. The van der Waals surface area contributed by atoms with Gasteiger partial charge in [-0.05, 0) is 24.1 Å². The fourth-order valence-electron chi connectivity index (χ4n) is 1.12. The van der Waals surface area contributed by atoms with Crippen molar-refractivity contribution in [3.63, 3.8) is 0 Å². The molecule has 1 heterocycles. The van der Waals surface area contributed by atoms with E-state index in [1.165, 1.54) is 18.7 Å². The third-order valence-electron chi connectivity index (χ3n) is 1.72. The lowest BCUT2D eigenvalue weighted by atomic mass is 9.96. The van der Waals surface area contributed by atoms with Crippen molar-refractivity contribution in [2.45, 2.75) is 32.6 Å². The maximum absolute atomic E-state index is 3.52. The van der Waals surface area contributed by atoms with Crippen molar-refractivity contribution in [2.75, 3.05) is 12.3 Å². The van der Waals surface area contributed by atoms with E-state index < -0.39 is 0 Å². The van der Waals surface area contributed by atoms with Gasteiger partial charge < -0.3 is 5.32 Å². The molecule has 1 aliphatic rings. The average Bonchev–Trinajstić information content (AvgIpc) is 1.88. The molecule has 0 bridgehead atoms. The van der Waals surface area contributed by atoms with Gasteiger partial charge in [0.15, 0.2) is 0 Å². The summed E-state index contributed by atoms with van der Waals surface area (Å²) < 4.78 is 0. The van der Waals surface area contributed by atoms with Gasteiger partial charge in [-0.15, -0.1) is 11.8 Å². The molecule has 1 rings (SSSR count). The number of rotatable bonds is 0. The lowest BCUT2D eigenvalue weighted by Crippen LogP contribution is -2.41. The summed E-state index contributed by atoms with van der Waals surface area (Å²) in [5, 5.41) is 4.19. The first kappa shape index (κ1) is 8.41. The van der Waals surface area contributed by atoms with Gasteiger partial charge in [0.05, 0.1) is 5.37 Å². The summed E-state index contributed by atoms with van der Waals surface area (Å²) in [6.45, 7) is 8.09. The van der Waals surface area contributed by atoms with Crippen molar-refractivity contribution in [2.24, 2.45) is 5.41 Å². The minimum Gasteiger partial charge on any atom is -0.305 e. The first-order valence-corrected chi connectivity index (χ1v) is 5.00. The number of nitrogens with one attached hydrogen (secondary N) is 1. The zero-order chi connectivity index (χ0) is 7.61. The molecule has 0 spiro atoms. The van der Waals surface area contributed by atoms with Gasteiger partial charge in [0, 0.05) is 0 Å². The molecule has 2 heteroatoms. The summed E-state index contributed by atoms with van der Waals surface area (Å²) in [4.78, 5) is 0. The molecule has 1 atom stereocenters. The highest BCUT2D eigenvalue weighted by atomic mass is 32.2. The molecule has 0 radical (unpaired) electrons. The molecule has 1 unspecified atom stereocenters. The Labute approximate surface area is 68.0 Å². The topological polar surface area (TPSA) is 12.0 Å². The van der Waals surface area contributed by atoms with Crippen LogP contribution in [0.5, 0.6) is 0 Å². The van der Waals surface area contributed by atoms with Gasteiger partial charge in [-0.2, -0.15) is 0 Å². The van der Waals surface area contributed by atoms with Gasteiger partial charge >= 0.3 is 0 Å². The van der Waals surface area contributed by atoms with Crippen LogP contribution in [0.25, 0.3) is 0 Å². The van der Waals surface area contributed by atoms with Crippen LogP contribution >= 0.6 is 11.8 Å². The van der Waals surface area contributed by atoms with E-state index >= 15 is 0 Å². The highest BCUT2D eigenvalue weighted by molar-refractivity contribution is 7.99. The van der Waals surface area contributed by atoms with E-state index in [1.54, 1.807) is 0 Å². The Morgan fingerprint density at radius 2 is 2.10 bits per heavy atom. The molecule has 1 aliphatic heterocycles. The van der Waals surface area contributed by atoms with E-state index in [-0.39, 0.29) is 0 Å². The number of thioether (sulfide) groups is 1. The van der Waals surface area contributed by atoms with Crippen LogP contribution in [-0.4, -0.2) is 17.7 Å². The Morgan fingerprint density at radius 1 is 1.40 bits per heavy atom. The molecule has 0 aromatic rings. The largest absolute Gasteiger partial charge is 0.305 e. The average molecular weight is 159 g/mol. The fraction of sp³-hybridized carbons (Fsp3) is 1.00. The van der Waals surface area contributed by atoms with E-state index in [2.05, 4.69) is 37.8 Å². The van der Waals surface area contributed by atoms with Gasteiger partial charge in [0.25, 0.3) is 0 Å². The molecule has 10 heavy (non-hydrogen) atoms. The summed E-state index contributed by atoms with van der Waals surface area (Å²) in [7, 11) is 0. The van der Waals surface area contributed by atoms with E-state index in [1.807, 2.05) is 0 Å². The van der Waals surface area contributed by atoms with Crippen molar-refractivity contribution >= 4 is 11.8 Å². The maximum atomic E-state index is 3.52. The standard InChI is InChI=1S/C8H17NS/c1-8(2,3)7-9-5-4-6-10-7/h7,9H,4-6H2,1-3H3. The minimum atomic E-state index is 0.422. The van der Waals surface area contributed by atoms with Crippen LogP contribution in [-0.2, 0) is 0 Å². The van der Waals surface area contributed by atoms with Crippen LogP contribution < -0.4 is 5.32 Å². The molecule has 1 fully saturated rings. The van der Waals surface area contributed by atoms with Crippen LogP contribution in [0.2, 0.25) is 0 Å². The SMILES string of the molecule is CC(C)(C)C1NCCCS1. The van der Waals surface area contributed by atoms with Gasteiger partial charge in [-0.3, -0.25) is 0 Å². The summed E-state index contributed by atoms with van der Waals surface area (Å²) in [6.07, 6.45) is 1.33. The third-order valence-corrected chi connectivity index (χ3v) is 3.45. The Kier molecular flexibility index (Phi) is 2.64. The molecular formula is C8H17NS. The Balaban J connectivity index is 2.39. The van der Waals surface area contributed by atoms with Crippen molar-refractivity contribution in [1.82, 2.24) is 5.32 Å². The molecule has 0 amide bonds. The maximum Gasteiger partial charge on any atom is 0.0581 e. The van der Waals surface area contributed by atoms with Crippen LogP contribution in [0.1, 0.15) is 27.2 Å². The van der Waals surface area contributed by atoms with Crippen LogP contribution in [0.3, 0.4) is 0 Å². The molecule has 1 N–H and O–H groups in total. The first-order valence-electron chi connectivity index (χ1n) is 3.96. The van der Waals surface area contributed by atoms with E-state index in [0.717, 1.165) is 0 Å². The van der Waals surface area contributed by atoms with Gasteiger partial charge in [0.2, 0.25) is 0 Å². The summed E-state index contributed by atoms with van der Waals surface area (Å²) in [6, 6.07) is 0. The summed E-state index contributed by atoms with van der Waals surface area (Å²) in [5.41, 5.74) is 0.422. The van der Waals surface area contributed by atoms with Crippen LogP contribution in [0.4, 0.5) is 0 Å². The molecule has 1 nitrogen and oxygen atoms in total. The Bertz CT molecular complexity index is 100. The predicted octanol–water partition coefficient (Wildman–Crippen LogP) is 2.09. The lowest BCUT2D eigenvalue weighted by molar-refractivity contribution is 0.345. The fourth-order valence-corrected chi connectivity index (χ4v) is 2.40. The smallest absolute Gasteiger partial charge is 0.0581 e. The molecule has 1 saturated heterocycles. The predicted molar refractivity (Wildman–Crippen MR) is 48.3 cm³/mol. The van der Waals surface area contributed by atoms with Crippen molar-refractivity contribution in [3.05, 3.63) is 0 Å². The normalized spacial score (nSPS) is 28.5. The van der Waals surface area contributed by atoms with Crippen LogP contribution in [0, 0.1) is 5.41 Å². The van der Waals surface area contributed by atoms with Crippen molar-refractivity contribution in [3.8, 4) is 0 Å². The summed E-state index contributed by atoms with van der Waals surface area (Å²) >= 11 is 2.06. The van der Waals surface area contributed by atoms with Crippen molar-refractivity contribution in [1.29, 1.82) is 0 Å². The highest BCUT2D eigenvalue weighted by Gasteiger charge is 2.25. The monoisotopic (exact) mass is 159 g/mol. The van der Waals surface area contributed by atoms with E-state index in [0.29, 0.717) is 10.8 Å². The lowest BCUT2D eigenvalue weighted by Gasteiger charge is -2.34. The van der Waals surface area contributed by atoms with Gasteiger partial charge in [-0.1, -0.05) is 20.8 Å². The number of hydrogen-bond acceptors (Lipinski definition) is 2. The van der Waals surface area contributed by atoms with E-state index in [4.69, 9.17) is 0 Å². The van der Waals surface area contributed by atoms with Crippen LogP contribution in [0.15, 0.2) is 0 Å². The molecule has 0 aliphatic carbocycles. The molecule has 0 aromatic carbocycles. The second-order valence-electron chi connectivity index (χ2n) is 3.92. The van der Waals surface area contributed by atoms with Gasteiger partial charge in [0.1, 0.15) is 0 Å². The quantitative estimate of drug-likeness (QED) is 0.581. The molecular weight excluding hydrogens is 142 g/mol. The second kappa shape index (κ2) is 3.14. The highest BCUT2D eigenvalue weighted by Crippen LogP contribution is 2.30. The van der Waals surface area contributed by atoms with E-state index in [9.17, 15) is 0 Å². The second-order valence-corrected chi connectivity index (χ2v) is 5.14. The first-order chi connectivity index (χ1) is 4.61. The molecule has 0 aromatic heterocycles. The Morgan fingerprint density at radius 3 is 2.40 bits per heavy atom. The molecule has 0 saturated carbocycles. The number of hydrogen-bond donors (Lipinski definition) is 1.